The summed E-state index contributed by atoms with van der Waals surface area (Å²) < 4.78 is 29.7. The molecule has 0 aromatic heterocycles. The highest BCUT2D eigenvalue weighted by Gasteiger charge is 2.58. The fraction of sp³-hybridized carbons (Fsp3) is 0.632. The van der Waals surface area contributed by atoms with Crippen LogP contribution in [0.25, 0.3) is 0 Å². The normalized spacial score (nSPS) is 33.8. The first-order chi connectivity index (χ1) is 14.0. The fourth-order valence-electron chi connectivity index (χ4n) is 3.88. The summed E-state index contributed by atoms with van der Waals surface area (Å²) >= 11 is 5.47. The van der Waals surface area contributed by atoms with Crippen LogP contribution >= 0.6 is 12.2 Å². The largest absolute Gasteiger partial charge is 0.354 e. The van der Waals surface area contributed by atoms with Gasteiger partial charge in [-0.1, -0.05) is 0 Å². The van der Waals surface area contributed by atoms with E-state index in [0.717, 1.165) is 0 Å². The summed E-state index contributed by atoms with van der Waals surface area (Å²) in [6.07, 6.45) is -1.68. The number of non-ortho nitro benzene ring substituents is 1. The monoisotopic (exact) mass is 439 g/mol. The number of thiocarbonyl (C=S) groups is 1. The number of rotatable bonds is 4. The molecule has 0 spiro atoms. The first kappa shape index (κ1) is 21.3. The summed E-state index contributed by atoms with van der Waals surface area (Å²) in [6.45, 7) is 7.73. The molecular formula is C19H25N3O7S. The molecule has 0 radical (unpaired) electrons. The highest BCUT2D eigenvalue weighted by atomic mass is 32.1. The van der Waals surface area contributed by atoms with Gasteiger partial charge in [-0.3, -0.25) is 10.1 Å². The maximum Gasteiger partial charge on any atom is 0.269 e. The number of anilines is 1. The van der Waals surface area contributed by atoms with Crippen LogP contribution in [0.5, 0.6) is 0 Å². The van der Waals surface area contributed by atoms with E-state index in [2.05, 4.69) is 10.6 Å². The minimum Gasteiger partial charge on any atom is -0.354 e. The van der Waals surface area contributed by atoms with Crippen molar-refractivity contribution in [3.63, 3.8) is 0 Å². The van der Waals surface area contributed by atoms with Gasteiger partial charge in [0.1, 0.15) is 18.3 Å². The Kier molecular flexibility index (Phi) is 5.45. The van der Waals surface area contributed by atoms with E-state index >= 15 is 0 Å². The Bertz CT molecular complexity index is 832. The predicted octanol–water partition coefficient (Wildman–Crippen LogP) is 2.28. The second kappa shape index (κ2) is 7.66. The minimum absolute atomic E-state index is 0.00580. The molecule has 4 rings (SSSR count). The number of hydrogen-bond donors (Lipinski definition) is 2. The fourth-order valence-corrected chi connectivity index (χ4v) is 4.13. The minimum atomic E-state index is -0.778. The Hall–Kier alpha value is -1.89. The molecule has 1 aromatic rings. The quantitative estimate of drug-likeness (QED) is 0.411. The maximum atomic E-state index is 10.8. The van der Waals surface area contributed by atoms with Crippen molar-refractivity contribution in [1.29, 1.82) is 0 Å². The van der Waals surface area contributed by atoms with Gasteiger partial charge in [-0.25, -0.2) is 0 Å². The van der Waals surface area contributed by atoms with Crippen LogP contribution in [0.1, 0.15) is 27.7 Å². The van der Waals surface area contributed by atoms with Crippen molar-refractivity contribution in [2.24, 2.45) is 0 Å². The average Bonchev–Trinajstić information content (AvgIpc) is 3.25. The molecule has 5 atom stereocenters. The van der Waals surface area contributed by atoms with Gasteiger partial charge in [0.15, 0.2) is 23.0 Å². The Labute approximate surface area is 179 Å². The second-order valence-electron chi connectivity index (χ2n) is 8.36. The zero-order chi connectivity index (χ0) is 21.7. The van der Waals surface area contributed by atoms with Crippen molar-refractivity contribution in [3.05, 3.63) is 34.4 Å². The molecule has 0 amide bonds. The number of nitrogens with one attached hydrogen (secondary N) is 2. The van der Waals surface area contributed by atoms with E-state index in [-0.39, 0.29) is 17.8 Å². The molecular weight excluding hydrogens is 414 g/mol. The summed E-state index contributed by atoms with van der Waals surface area (Å²) in [4.78, 5) is 10.4. The molecule has 2 N–H and O–H groups in total. The summed E-state index contributed by atoms with van der Waals surface area (Å²) in [5.41, 5.74) is 0.627. The molecule has 164 valence electrons. The number of fused-ring (bicyclic) bond motifs is 1. The Morgan fingerprint density at radius 3 is 2.40 bits per heavy atom. The lowest BCUT2D eigenvalue weighted by Crippen LogP contribution is -2.53. The lowest BCUT2D eigenvalue weighted by molar-refractivity contribution is -0.384. The van der Waals surface area contributed by atoms with E-state index in [1.165, 1.54) is 12.1 Å². The van der Waals surface area contributed by atoms with Gasteiger partial charge in [0.05, 0.1) is 17.6 Å². The van der Waals surface area contributed by atoms with Gasteiger partial charge in [0.2, 0.25) is 0 Å². The van der Waals surface area contributed by atoms with Gasteiger partial charge in [0.25, 0.3) is 5.69 Å². The molecule has 3 aliphatic heterocycles. The van der Waals surface area contributed by atoms with Gasteiger partial charge in [-0.05, 0) is 52.0 Å². The Morgan fingerprint density at radius 2 is 1.80 bits per heavy atom. The third kappa shape index (κ3) is 4.41. The average molecular weight is 439 g/mol. The highest BCUT2D eigenvalue weighted by molar-refractivity contribution is 7.80. The van der Waals surface area contributed by atoms with Crippen molar-refractivity contribution in [3.8, 4) is 0 Å². The van der Waals surface area contributed by atoms with Gasteiger partial charge >= 0.3 is 0 Å². The van der Waals surface area contributed by atoms with Crippen LogP contribution in [0.3, 0.4) is 0 Å². The lowest BCUT2D eigenvalue weighted by atomic mass is 10.0. The van der Waals surface area contributed by atoms with Crippen LogP contribution in [-0.4, -0.2) is 58.9 Å². The van der Waals surface area contributed by atoms with E-state index in [9.17, 15) is 10.1 Å². The van der Waals surface area contributed by atoms with E-state index in [1.807, 2.05) is 27.7 Å². The topological polar surface area (TPSA) is 113 Å². The van der Waals surface area contributed by atoms with Gasteiger partial charge < -0.3 is 34.3 Å². The summed E-state index contributed by atoms with van der Waals surface area (Å²) in [7, 11) is 0. The molecule has 3 fully saturated rings. The maximum absolute atomic E-state index is 10.8. The summed E-state index contributed by atoms with van der Waals surface area (Å²) in [5, 5.41) is 17.4. The van der Waals surface area contributed by atoms with Gasteiger partial charge in [-0.2, -0.15) is 0 Å². The van der Waals surface area contributed by atoms with E-state index < -0.39 is 35.0 Å². The van der Waals surface area contributed by atoms with Crippen LogP contribution in [0, 0.1) is 10.1 Å². The van der Waals surface area contributed by atoms with Crippen LogP contribution in [-0.2, 0) is 23.7 Å². The van der Waals surface area contributed by atoms with Crippen molar-refractivity contribution in [2.75, 3.05) is 11.9 Å². The molecule has 11 heteroatoms. The molecule has 30 heavy (non-hydrogen) atoms. The van der Waals surface area contributed by atoms with Gasteiger partial charge in [0, 0.05) is 17.8 Å². The molecule has 3 saturated heterocycles. The van der Waals surface area contributed by atoms with Crippen LogP contribution in [0.15, 0.2) is 24.3 Å². The van der Waals surface area contributed by atoms with Crippen LogP contribution < -0.4 is 10.6 Å². The molecule has 0 bridgehead atoms. The van der Waals surface area contributed by atoms with Gasteiger partial charge in [-0.15, -0.1) is 0 Å². The first-order valence-electron chi connectivity index (χ1n) is 9.68. The van der Waals surface area contributed by atoms with Crippen LogP contribution in [0.2, 0.25) is 0 Å². The molecule has 3 aliphatic rings. The first-order valence-corrected chi connectivity index (χ1v) is 10.1. The number of nitro benzene ring substituents is 1. The number of hydrogen-bond acceptors (Lipinski definition) is 8. The summed E-state index contributed by atoms with van der Waals surface area (Å²) in [6, 6.07) is 5.64. The smallest absolute Gasteiger partial charge is 0.269 e. The molecule has 0 saturated carbocycles. The summed E-state index contributed by atoms with van der Waals surface area (Å²) in [5.74, 6) is -1.48. The third-order valence-corrected chi connectivity index (χ3v) is 5.34. The SMILES string of the molecule is CC1(C)O[C@H]2O[C@H]([C@H]3COC(C)(C)O3)[C@@H](NC(=S)Nc3ccc([N+](=O)[O-])cc3)[C@H]2O1. The third-order valence-electron chi connectivity index (χ3n) is 5.12. The van der Waals surface area contributed by atoms with Crippen molar-refractivity contribution in [2.45, 2.75) is 69.9 Å². The van der Waals surface area contributed by atoms with E-state index in [0.29, 0.717) is 17.4 Å². The zero-order valence-corrected chi connectivity index (χ0v) is 17.9. The van der Waals surface area contributed by atoms with Crippen molar-refractivity contribution < 1.29 is 28.6 Å². The number of benzene rings is 1. The van der Waals surface area contributed by atoms with E-state index in [4.69, 9.17) is 35.9 Å². The number of ether oxygens (including phenoxy) is 5. The zero-order valence-electron chi connectivity index (χ0n) is 17.1. The standard InChI is InChI=1S/C19H25N3O7S/c1-18(2)25-9-12(27-18)14-13(15-16(26-14)29-19(3,4)28-15)21-17(30)20-10-5-7-11(8-6-10)22(23)24/h5-8,12-16H,9H2,1-4H3,(H2,20,21,30)/t12-,13-,14-,15-,16-/m1/s1. The highest BCUT2D eigenvalue weighted by Crippen LogP contribution is 2.40. The molecule has 10 nitrogen and oxygen atoms in total. The lowest BCUT2D eigenvalue weighted by Gasteiger charge is -2.30. The van der Waals surface area contributed by atoms with Crippen molar-refractivity contribution in [1.82, 2.24) is 5.32 Å². The molecule has 0 unspecified atom stereocenters. The van der Waals surface area contributed by atoms with Crippen molar-refractivity contribution >= 4 is 28.7 Å². The Balaban J connectivity index is 1.46. The molecule has 0 aliphatic carbocycles. The number of nitrogens with zero attached hydrogens (tertiary/aromatic N) is 1. The van der Waals surface area contributed by atoms with E-state index in [1.54, 1.807) is 12.1 Å². The second-order valence-corrected chi connectivity index (χ2v) is 8.77. The predicted molar refractivity (Wildman–Crippen MR) is 110 cm³/mol. The molecule has 1 aromatic carbocycles. The van der Waals surface area contributed by atoms with Crippen LogP contribution in [0.4, 0.5) is 11.4 Å². The Morgan fingerprint density at radius 1 is 1.10 bits per heavy atom. The number of nitro groups is 1. The molecule has 3 heterocycles.